The van der Waals surface area contributed by atoms with E-state index < -0.39 is 0 Å². The molecule has 2 nitrogen and oxygen atoms in total. The summed E-state index contributed by atoms with van der Waals surface area (Å²) in [6, 6.07) is 10.5. The van der Waals surface area contributed by atoms with E-state index in [-0.39, 0.29) is 6.04 Å². The maximum atomic E-state index is 6.28. The second kappa shape index (κ2) is 5.99. The van der Waals surface area contributed by atoms with E-state index in [1.807, 2.05) is 19.2 Å². The number of fused-ring (bicyclic) bond motifs is 1. The van der Waals surface area contributed by atoms with E-state index in [4.69, 9.17) is 16.3 Å². The van der Waals surface area contributed by atoms with Crippen LogP contribution in [0.2, 0.25) is 5.02 Å². The Morgan fingerprint density at radius 3 is 2.81 bits per heavy atom. The van der Waals surface area contributed by atoms with Crippen molar-refractivity contribution < 1.29 is 4.74 Å². The lowest BCUT2D eigenvalue weighted by Crippen LogP contribution is -2.18. The van der Waals surface area contributed by atoms with Crippen LogP contribution in [0.25, 0.3) is 0 Å². The van der Waals surface area contributed by atoms with Gasteiger partial charge < -0.3 is 10.1 Å². The second-order valence-corrected chi connectivity index (χ2v) is 6.60. The lowest BCUT2D eigenvalue weighted by atomic mass is 9.95. The summed E-state index contributed by atoms with van der Waals surface area (Å²) in [5.74, 6) is 0.982. The molecule has 2 aromatic carbocycles. The van der Waals surface area contributed by atoms with E-state index in [0.29, 0.717) is 0 Å². The summed E-state index contributed by atoms with van der Waals surface area (Å²) in [5, 5.41) is 4.14. The van der Waals surface area contributed by atoms with Gasteiger partial charge in [0.2, 0.25) is 0 Å². The number of hydrogen-bond acceptors (Lipinski definition) is 2. The van der Waals surface area contributed by atoms with Crippen molar-refractivity contribution >= 4 is 27.5 Å². The summed E-state index contributed by atoms with van der Waals surface area (Å²) < 4.78 is 6.94. The molecule has 0 fully saturated rings. The van der Waals surface area contributed by atoms with Crippen molar-refractivity contribution in [2.45, 2.75) is 19.4 Å². The molecule has 1 atom stereocenters. The van der Waals surface area contributed by atoms with Gasteiger partial charge in [-0.3, -0.25) is 0 Å². The zero-order valence-corrected chi connectivity index (χ0v) is 14.4. The van der Waals surface area contributed by atoms with Crippen LogP contribution in [0.3, 0.4) is 0 Å². The van der Waals surface area contributed by atoms with Crippen LogP contribution in [0.1, 0.15) is 28.3 Å². The van der Waals surface area contributed by atoms with Crippen molar-refractivity contribution in [3.63, 3.8) is 0 Å². The molecular weight excluding hydrogens is 350 g/mol. The van der Waals surface area contributed by atoms with E-state index in [0.717, 1.165) is 33.8 Å². The SMILES string of the molecule is CNC(c1ccc(C)c(Br)c1)c1cc(Cl)cc2c1OCC2. The number of benzene rings is 2. The summed E-state index contributed by atoms with van der Waals surface area (Å²) in [6.45, 7) is 2.82. The molecule has 1 unspecified atom stereocenters. The van der Waals surface area contributed by atoms with Crippen molar-refractivity contribution in [2.75, 3.05) is 13.7 Å². The topological polar surface area (TPSA) is 21.3 Å². The maximum Gasteiger partial charge on any atom is 0.127 e. The second-order valence-electron chi connectivity index (χ2n) is 5.31. The number of aryl methyl sites for hydroxylation is 1. The molecule has 1 N–H and O–H groups in total. The van der Waals surface area contributed by atoms with Crippen LogP contribution in [-0.2, 0) is 6.42 Å². The third-order valence-electron chi connectivity index (χ3n) is 3.91. The van der Waals surface area contributed by atoms with E-state index in [9.17, 15) is 0 Å². The van der Waals surface area contributed by atoms with Crippen LogP contribution in [0, 0.1) is 6.92 Å². The largest absolute Gasteiger partial charge is 0.493 e. The molecule has 1 aliphatic heterocycles. The zero-order valence-electron chi connectivity index (χ0n) is 12.0. The molecule has 0 aliphatic carbocycles. The highest BCUT2D eigenvalue weighted by molar-refractivity contribution is 9.10. The lowest BCUT2D eigenvalue weighted by molar-refractivity contribution is 0.351. The van der Waals surface area contributed by atoms with Crippen LogP contribution in [0.15, 0.2) is 34.8 Å². The van der Waals surface area contributed by atoms with Crippen LogP contribution >= 0.6 is 27.5 Å². The molecule has 0 aromatic heterocycles. The van der Waals surface area contributed by atoms with Gasteiger partial charge in [-0.1, -0.05) is 39.7 Å². The average Bonchev–Trinajstić information content (AvgIpc) is 2.91. The first-order valence-electron chi connectivity index (χ1n) is 6.98. The minimum absolute atomic E-state index is 0.0625. The standard InChI is InChI=1S/C17H17BrClNO/c1-10-3-4-11(8-15(10)18)16(20-2)14-9-13(19)7-12-5-6-21-17(12)14/h3-4,7-9,16,20H,5-6H2,1-2H3. The first kappa shape index (κ1) is 14.9. The Labute approximate surface area is 138 Å². The highest BCUT2D eigenvalue weighted by atomic mass is 79.9. The van der Waals surface area contributed by atoms with Gasteiger partial charge in [-0.05, 0) is 48.9 Å². The fraction of sp³-hybridized carbons (Fsp3) is 0.294. The third-order valence-corrected chi connectivity index (χ3v) is 4.98. The molecule has 21 heavy (non-hydrogen) atoms. The third kappa shape index (κ3) is 2.83. The average molecular weight is 367 g/mol. The van der Waals surface area contributed by atoms with Gasteiger partial charge in [0.15, 0.2) is 0 Å². The maximum absolute atomic E-state index is 6.28. The Bertz CT molecular complexity index is 687. The number of halogens is 2. The highest BCUT2D eigenvalue weighted by Gasteiger charge is 2.24. The fourth-order valence-electron chi connectivity index (χ4n) is 2.80. The number of ether oxygens (including phenoxy) is 1. The van der Waals surface area contributed by atoms with Gasteiger partial charge >= 0.3 is 0 Å². The molecule has 4 heteroatoms. The number of hydrogen-bond donors (Lipinski definition) is 1. The van der Waals surface area contributed by atoms with E-state index >= 15 is 0 Å². The first-order valence-corrected chi connectivity index (χ1v) is 8.15. The molecule has 0 saturated heterocycles. The zero-order chi connectivity index (χ0) is 15.0. The van der Waals surface area contributed by atoms with Gasteiger partial charge in [0.05, 0.1) is 12.6 Å². The monoisotopic (exact) mass is 365 g/mol. The van der Waals surface area contributed by atoms with Gasteiger partial charge in [-0.15, -0.1) is 0 Å². The molecular formula is C17H17BrClNO. The van der Waals surface area contributed by atoms with Crippen LogP contribution < -0.4 is 10.1 Å². The number of rotatable bonds is 3. The molecule has 0 saturated carbocycles. The van der Waals surface area contributed by atoms with Crippen LogP contribution in [-0.4, -0.2) is 13.7 Å². The van der Waals surface area contributed by atoms with E-state index in [2.05, 4.69) is 46.4 Å². The molecule has 0 bridgehead atoms. The summed E-state index contributed by atoms with van der Waals surface area (Å²) in [5.41, 5.74) is 4.72. The Kier molecular flexibility index (Phi) is 4.25. The summed E-state index contributed by atoms with van der Waals surface area (Å²) >= 11 is 9.89. The minimum Gasteiger partial charge on any atom is -0.493 e. The molecule has 110 valence electrons. The van der Waals surface area contributed by atoms with Crippen molar-refractivity contribution in [3.05, 3.63) is 62.1 Å². The Morgan fingerprint density at radius 2 is 2.10 bits per heavy atom. The van der Waals surface area contributed by atoms with Crippen LogP contribution in [0.5, 0.6) is 5.75 Å². The normalized spacial score (nSPS) is 14.7. The summed E-state index contributed by atoms with van der Waals surface area (Å²) in [4.78, 5) is 0. The van der Waals surface area contributed by atoms with Crippen molar-refractivity contribution in [1.29, 1.82) is 0 Å². The summed E-state index contributed by atoms with van der Waals surface area (Å²) in [6.07, 6.45) is 0.927. The van der Waals surface area contributed by atoms with Gasteiger partial charge in [0.1, 0.15) is 5.75 Å². The highest BCUT2D eigenvalue weighted by Crippen LogP contribution is 2.39. The smallest absolute Gasteiger partial charge is 0.127 e. The Balaban J connectivity index is 2.10. The lowest BCUT2D eigenvalue weighted by Gasteiger charge is -2.21. The number of nitrogens with one attached hydrogen (secondary N) is 1. The first-order chi connectivity index (χ1) is 10.1. The van der Waals surface area contributed by atoms with Crippen LogP contribution in [0.4, 0.5) is 0 Å². The van der Waals surface area contributed by atoms with Gasteiger partial charge in [0.25, 0.3) is 0 Å². The molecule has 0 amide bonds. The van der Waals surface area contributed by atoms with Crippen molar-refractivity contribution in [1.82, 2.24) is 5.32 Å². The van der Waals surface area contributed by atoms with E-state index in [1.54, 1.807) is 0 Å². The van der Waals surface area contributed by atoms with E-state index in [1.165, 1.54) is 16.7 Å². The molecule has 2 aromatic rings. The minimum atomic E-state index is 0.0625. The molecule has 1 heterocycles. The molecule has 3 rings (SSSR count). The Morgan fingerprint density at radius 1 is 1.29 bits per heavy atom. The summed E-state index contributed by atoms with van der Waals surface area (Å²) in [7, 11) is 1.96. The molecule has 0 spiro atoms. The van der Waals surface area contributed by atoms with Gasteiger partial charge in [-0.2, -0.15) is 0 Å². The van der Waals surface area contributed by atoms with Crippen molar-refractivity contribution in [2.24, 2.45) is 0 Å². The van der Waals surface area contributed by atoms with Gasteiger partial charge in [-0.25, -0.2) is 0 Å². The predicted molar refractivity (Wildman–Crippen MR) is 90.4 cm³/mol. The van der Waals surface area contributed by atoms with Crippen molar-refractivity contribution in [3.8, 4) is 5.75 Å². The predicted octanol–water partition coefficient (Wildman–Crippen LogP) is 4.65. The Hall–Kier alpha value is -1.03. The quantitative estimate of drug-likeness (QED) is 0.853. The molecule has 1 aliphatic rings. The fourth-order valence-corrected chi connectivity index (χ4v) is 3.45. The van der Waals surface area contributed by atoms with Gasteiger partial charge in [0, 0.05) is 21.5 Å². The molecule has 0 radical (unpaired) electrons.